The first kappa shape index (κ1) is 19.0. The predicted molar refractivity (Wildman–Crippen MR) is 102 cm³/mol. The summed E-state index contributed by atoms with van der Waals surface area (Å²) in [4.78, 5) is 23.8. The SMILES string of the molecule is Cc1cc(C(C)(C)C)cc(C)c1CCNC(=O)c1ccn(C)c(=O)c1. The summed E-state index contributed by atoms with van der Waals surface area (Å²) in [5.74, 6) is -0.209. The molecule has 2 rings (SSSR count). The van der Waals surface area contributed by atoms with Crippen LogP contribution in [0.4, 0.5) is 0 Å². The lowest BCUT2D eigenvalue weighted by Gasteiger charge is -2.22. The molecule has 2 aromatic rings. The molecule has 25 heavy (non-hydrogen) atoms. The van der Waals surface area contributed by atoms with Gasteiger partial charge in [-0.1, -0.05) is 32.9 Å². The number of aromatic nitrogens is 1. The van der Waals surface area contributed by atoms with E-state index in [0.717, 1.165) is 6.42 Å². The smallest absolute Gasteiger partial charge is 0.251 e. The summed E-state index contributed by atoms with van der Waals surface area (Å²) in [5, 5.41) is 2.91. The molecule has 0 bridgehead atoms. The molecule has 0 aliphatic carbocycles. The number of carbonyl (C=O) groups excluding carboxylic acids is 1. The second kappa shape index (κ2) is 7.26. The molecule has 0 spiro atoms. The van der Waals surface area contributed by atoms with Crippen molar-refractivity contribution in [2.45, 2.75) is 46.5 Å². The lowest BCUT2D eigenvalue weighted by molar-refractivity contribution is 0.0954. The Kier molecular flexibility index (Phi) is 5.51. The molecule has 0 atom stereocenters. The van der Waals surface area contributed by atoms with Crippen LogP contribution in [0.15, 0.2) is 35.3 Å². The molecule has 0 saturated carbocycles. The quantitative estimate of drug-likeness (QED) is 0.929. The van der Waals surface area contributed by atoms with Crippen LogP contribution >= 0.6 is 0 Å². The van der Waals surface area contributed by atoms with Crippen LogP contribution in [0.2, 0.25) is 0 Å². The van der Waals surface area contributed by atoms with E-state index in [-0.39, 0.29) is 16.9 Å². The molecule has 134 valence electrons. The number of hydrogen-bond donors (Lipinski definition) is 1. The van der Waals surface area contributed by atoms with Crippen molar-refractivity contribution in [3.8, 4) is 0 Å². The molecular weight excluding hydrogens is 312 g/mol. The average Bonchev–Trinajstić information content (AvgIpc) is 2.51. The lowest BCUT2D eigenvalue weighted by atomic mass is 9.83. The molecule has 1 heterocycles. The van der Waals surface area contributed by atoms with Gasteiger partial charge in [-0.15, -0.1) is 0 Å². The zero-order valence-electron chi connectivity index (χ0n) is 16.1. The average molecular weight is 340 g/mol. The molecule has 0 aliphatic rings. The van der Waals surface area contributed by atoms with Crippen molar-refractivity contribution in [2.75, 3.05) is 6.54 Å². The minimum absolute atomic E-state index is 0.127. The number of carbonyl (C=O) groups is 1. The van der Waals surface area contributed by atoms with Gasteiger partial charge in [0.15, 0.2) is 0 Å². The summed E-state index contributed by atoms with van der Waals surface area (Å²) in [6.07, 6.45) is 2.38. The number of aryl methyl sites for hydroxylation is 3. The minimum atomic E-state index is -0.209. The molecule has 0 aliphatic heterocycles. The Morgan fingerprint density at radius 3 is 2.24 bits per heavy atom. The number of amides is 1. The Bertz CT molecular complexity index is 819. The largest absolute Gasteiger partial charge is 0.352 e. The molecule has 1 N–H and O–H groups in total. The number of nitrogens with zero attached hydrogens (tertiary/aromatic N) is 1. The van der Waals surface area contributed by atoms with Gasteiger partial charge in [-0.3, -0.25) is 9.59 Å². The van der Waals surface area contributed by atoms with E-state index in [0.29, 0.717) is 12.1 Å². The van der Waals surface area contributed by atoms with Gasteiger partial charge in [-0.25, -0.2) is 0 Å². The molecule has 0 fully saturated rings. The number of hydrogen-bond acceptors (Lipinski definition) is 2. The van der Waals surface area contributed by atoms with Crippen molar-refractivity contribution in [3.63, 3.8) is 0 Å². The molecule has 4 heteroatoms. The van der Waals surface area contributed by atoms with Crippen LogP contribution in [0.3, 0.4) is 0 Å². The summed E-state index contributed by atoms with van der Waals surface area (Å²) in [6, 6.07) is 7.51. The third-order valence-electron chi connectivity index (χ3n) is 4.59. The van der Waals surface area contributed by atoms with Crippen molar-refractivity contribution in [1.29, 1.82) is 0 Å². The maximum atomic E-state index is 12.2. The fourth-order valence-corrected chi connectivity index (χ4v) is 2.91. The Morgan fingerprint density at radius 2 is 1.72 bits per heavy atom. The fraction of sp³-hybridized carbons (Fsp3) is 0.429. The van der Waals surface area contributed by atoms with Gasteiger partial charge in [0, 0.05) is 31.4 Å². The van der Waals surface area contributed by atoms with Gasteiger partial charge in [0.2, 0.25) is 0 Å². The van der Waals surface area contributed by atoms with E-state index in [1.54, 1.807) is 19.3 Å². The van der Waals surface area contributed by atoms with Crippen LogP contribution in [0.25, 0.3) is 0 Å². The molecule has 1 aromatic carbocycles. The van der Waals surface area contributed by atoms with Gasteiger partial charge in [-0.2, -0.15) is 0 Å². The van der Waals surface area contributed by atoms with Crippen molar-refractivity contribution in [2.24, 2.45) is 7.05 Å². The highest BCUT2D eigenvalue weighted by Crippen LogP contribution is 2.27. The summed E-state index contributed by atoms with van der Waals surface area (Å²) >= 11 is 0. The Morgan fingerprint density at radius 1 is 1.12 bits per heavy atom. The van der Waals surface area contributed by atoms with Crippen LogP contribution < -0.4 is 10.9 Å². The topological polar surface area (TPSA) is 51.1 Å². The van der Waals surface area contributed by atoms with E-state index >= 15 is 0 Å². The first-order valence-corrected chi connectivity index (χ1v) is 8.65. The van der Waals surface area contributed by atoms with Crippen LogP contribution in [0.5, 0.6) is 0 Å². The van der Waals surface area contributed by atoms with E-state index in [1.165, 1.54) is 32.9 Å². The third-order valence-corrected chi connectivity index (χ3v) is 4.59. The molecule has 0 radical (unpaired) electrons. The highest BCUT2D eigenvalue weighted by atomic mass is 16.2. The van der Waals surface area contributed by atoms with E-state index in [9.17, 15) is 9.59 Å². The number of rotatable bonds is 4. The van der Waals surface area contributed by atoms with Crippen LogP contribution in [0, 0.1) is 13.8 Å². The maximum absolute atomic E-state index is 12.2. The van der Waals surface area contributed by atoms with E-state index in [2.05, 4.69) is 52.1 Å². The number of benzene rings is 1. The van der Waals surface area contributed by atoms with Gasteiger partial charge < -0.3 is 9.88 Å². The van der Waals surface area contributed by atoms with Crippen LogP contribution in [-0.2, 0) is 18.9 Å². The Hall–Kier alpha value is -2.36. The Labute approximate surface area is 149 Å². The van der Waals surface area contributed by atoms with Gasteiger partial charge in [0.1, 0.15) is 0 Å². The van der Waals surface area contributed by atoms with Crippen LogP contribution in [-0.4, -0.2) is 17.0 Å². The maximum Gasteiger partial charge on any atom is 0.251 e. The Balaban J connectivity index is 2.05. The zero-order valence-corrected chi connectivity index (χ0v) is 16.1. The normalized spacial score (nSPS) is 11.4. The third kappa shape index (κ3) is 4.59. The van der Waals surface area contributed by atoms with Gasteiger partial charge in [-0.05, 0) is 54.0 Å². The van der Waals surface area contributed by atoms with Crippen molar-refractivity contribution >= 4 is 5.91 Å². The monoisotopic (exact) mass is 340 g/mol. The second-order valence-electron chi connectivity index (χ2n) is 7.71. The molecular formula is C21H28N2O2. The van der Waals surface area contributed by atoms with Crippen molar-refractivity contribution in [3.05, 3.63) is 68.6 Å². The molecule has 1 aromatic heterocycles. The second-order valence-corrected chi connectivity index (χ2v) is 7.71. The highest BCUT2D eigenvalue weighted by Gasteiger charge is 2.16. The first-order chi connectivity index (χ1) is 11.6. The highest BCUT2D eigenvalue weighted by molar-refractivity contribution is 5.93. The summed E-state index contributed by atoms with van der Waals surface area (Å²) in [5.41, 5.74) is 5.46. The fourth-order valence-electron chi connectivity index (χ4n) is 2.91. The summed E-state index contributed by atoms with van der Waals surface area (Å²) in [6.45, 7) is 11.4. The van der Waals surface area contributed by atoms with E-state index < -0.39 is 0 Å². The number of nitrogens with one attached hydrogen (secondary N) is 1. The molecule has 0 saturated heterocycles. The van der Waals surface area contributed by atoms with E-state index in [4.69, 9.17) is 0 Å². The minimum Gasteiger partial charge on any atom is -0.352 e. The van der Waals surface area contributed by atoms with Crippen LogP contribution in [0.1, 0.15) is 53.4 Å². The summed E-state index contributed by atoms with van der Waals surface area (Å²) in [7, 11) is 1.66. The zero-order chi connectivity index (χ0) is 18.8. The molecule has 1 amide bonds. The van der Waals surface area contributed by atoms with Crippen molar-refractivity contribution in [1.82, 2.24) is 9.88 Å². The van der Waals surface area contributed by atoms with Crippen molar-refractivity contribution < 1.29 is 4.79 Å². The molecule has 0 unspecified atom stereocenters. The summed E-state index contributed by atoms with van der Waals surface area (Å²) < 4.78 is 1.44. The predicted octanol–water partition coefficient (Wildman–Crippen LogP) is 3.27. The first-order valence-electron chi connectivity index (χ1n) is 8.65. The number of pyridine rings is 1. The van der Waals surface area contributed by atoms with Gasteiger partial charge >= 0.3 is 0 Å². The van der Waals surface area contributed by atoms with Gasteiger partial charge in [0.25, 0.3) is 11.5 Å². The van der Waals surface area contributed by atoms with Gasteiger partial charge in [0.05, 0.1) is 0 Å². The standard InChI is InChI=1S/C21H28N2O2/c1-14-11-17(21(3,4)5)12-15(2)18(14)7-9-22-20(25)16-8-10-23(6)19(24)13-16/h8,10-13H,7,9H2,1-6H3,(H,22,25). The molecule has 4 nitrogen and oxygen atoms in total. The lowest BCUT2D eigenvalue weighted by Crippen LogP contribution is -2.28. The van der Waals surface area contributed by atoms with E-state index in [1.807, 2.05) is 0 Å².